The third kappa shape index (κ3) is 4.41. The highest BCUT2D eigenvalue weighted by Crippen LogP contribution is 2.27. The van der Waals surface area contributed by atoms with E-state index in [4.69, 9.17) is 9.84 Å². The predicted octanol–water partition coefficient (Wildman–Crippen LogP) is -0.395. The molecule has 0 spiro atoms. The Hall–Kier alpha value is -1.18. The molecule has 0 fully saturated rings. The van der Waals surface area contributed by atoms with Crippen LogP contribution in [0.25, 0.3) is 0 Å². The van der Waals surface area contributed by atoms with E-state index >= 15 is 0 Å². The largest absolute Gasteiger partial charge is 0.629 e. The molecule has 1 aliphatic heterocycles. The van der Waals surface area contributed by atoms with Gasteiger partial charge in [0.25, 0.3) is 0 Å². The molecule has 1 aliphatic rings. The van der Waals surface area contributed by atoms with Crippen LogP contribution in [0.5, 0.6) is 5.75 Å². The molecule has 1 aromatic rings. The summed E-state index contributed by atoms with van der Waals surface area (Å²) in [5.74, 6) is 0.693. The maximum atomic E-state index is 11.7. The van der Waals surface area contributed by atoms with Crippen LogP contribution in [0.4, 0.5) is 5.69 Å². The predicted molar refractivity (Wildman–Crippen MR) is 84.2 cm³/mol. The second-order valence-electron chi connectivity index (χ2n) is 6.62. The van der Waals surface area contributed by atoms with Crippen molar-refractivity contribution in [3.8, 4) is 5.75 Å². The third-order valence-electron chi connectivity index (χ3n) is 3.88. The Balaban J connectivity index is 1.79. The fourth-order valence-corrected chi connectivity index (χ4v) is 2.47. The van der Waals surface area contributed by atoms with Gasteiger partial charge in [0.2, 0.25) is 0 Å². The summed E-state index contributed by atoms with van der Waals surface area (Å²) >= 11 is 0. The van der Waals surface area contributed by atoms with Gasteiger partial charge in [-0.3, -0.25) is 0 Å². The highest BCUT2D eigenvalue weighted by atomic mass is 16.5. The molecule has 0 aromatic heterocycles. The van der Waals surface area contributed by atoms with E-state index in [1.165, 1.54) is 0 Å². The number of ether oxygens (including phenoxy) is 1. The summed E-state index contributed by atoms with van der Waals surface area (Å²) in [6.07, 6.45) is 0.0751. The first kappa shape index (κ1) is 17.2. The lowest BCUT2D eigenvalue weighted by Crippen LogP contribution is -3.00. The van der Waals surface area contributed by atoms with Crippen LogP contribution < -0.4 is 15.1 Å². The van der Waals surface area contributed by atoms with Gasteiger partial charge in [-0.25, -0.2) is 0 Å². The van der Waals surface area contributed by atoms with Crippen molar-refractivity contribution in [3.05, 3.63) is 29.0 Å². The van der Waals surface area contributed by atoms with E-state index in [2.05, 4.69) is 5.32 Å². The van der Waals surface area contributed by atoms with E-state index in [-0.39, 0.29) is 23.7 Å². The summed E-state index contributed by atoms with van der Waals surface area (Å²) in [4.78, 5) is 0. The molecule has 124 valence electrons. The van der Waals surface area contributed by atoms with Crippen molar-refractivity contribution in [2.75, 3.05) is 32.8 Å². The SMILES string of the molecule is CC(C)(CO)CNCC(O)COc1cccc2c1CC[NH+]2[O-]. The number of nitrogens with one attached hydrogen (secondary N) is 2. The Bertz CT molecular complexity index is 493. The minimum atomic E-state index is -0.637. The topological polar surface area (TPSA) is 89.2 Å². The number of hydroxylamine groups is 1. The van der Waals surface area contributed by atoms with Gasteiger partial charge in [-0.2, -0.15) is 0 Å². The molecule has 6 nitrogen and oxygen atoms in total. The summed E-state index contributed by atoms with van der Waals surface area (Å²) in [7, 11) is 0. The zero-order valence-electron chi connectivity index (χ0n) is 13.3. The van der Waals surface area contributed by atoms with E-state index in [1.54, 1.807) is 0 Å². The van der Waals surface area contributed by atoms with Crippen molar-refractivity contribution in [3.63, 3.8) is 0 Å². The Morgan fingerprint density at radius 1 is 1.45 bits per heavy atom. The molecule has 2 unspecified atom stereocenters. The lowest BCUT2D eigenvalue weighted by Gasteiger charge is -2.23. The summed E-state index contributed by atoms with van der Waals surface area (Å²) in [6, 6.07) is 5.48. The van der Waals surface area contributed by atoms with Crippen LogP contribution in [0.1, 0.15) is 19.4 Å². The van der Waals surface area contributed by atoms with Crippen LogP contribution in [0, 0.1) is 10.6 Å². The van der Waals surface area contributed by atoms with Crippen LogP contribution >= 0.6 is 0 Å². The van der Waals surface area contributed by atoms with E-state index in [0.29, 0.717) is 31.8 Å². The van der Waals surface area contributed by atoms with Crippen LogP contribution in [0.3, 0.4) is 0 Å². The quantitative estimate of drug-likeness (QED) is 0.491. The number of hydrogen-bond donors (Lipinski definition) is 4. The van der Waals surface area contributed by atoms with Crippen molar-refractivity contribution < 1.29 is 20.0 Å². The number of hydrogen-bond acceptors (Lipinski definition) is 5. The maximum absolute atomic E-state index is 11.7. The van der Waals surface area contributed by atoms with E-state index in [1.807, 2.05) is 32.0 Å². The summed E-state index contributed by atoms with van der Waals surface area (Å²) < 4.78 is 5.68. The van der Waals surface area contributed by atoms with Gasteiger partial charge in [0.15, 0.2) is 0 Å². The highest BCUT2D eigenvalue weighted by molar-refractivity contribution is 5.51. The molecule has 1 aromatic carbocycles. The standard InChI is InChI=1S/C16H26N2O4/c1-16(2,11-19)10-17-8-12(20)9-22-15-5-3-4-14-13(15)6-7-18(14)21/h3-5,12,17-20H,6-11H2,1-2H3. The van der Waals surface area contributed by atoms with Crippen molar-refractivity contribution in [2.45, 2.75) is 26.4 Å². The molecule has 22 heavy (non-hydrogen) atoms. The first-order valence-electron chi connectivity index (χ1n) is 7.70. The number of benzene rings is 1. The van der Waals surface area contributed by atoms with E-state index in [0.717, 1.165) is 11.3 Å². The van der Waals surface area contributed by atoms with Crippen molar-refractivity contribution in [1.82, 2.24) is 5.32 Å². The molecule has 2 atom stereocenters. The normalized spacial score (nSPS) is 19.0. The second kappa shape index (κ2) is 7.39. The highest BCUT2D eigenvalue weighted by Gasteiger charge is 2.23. The average molecular weight is 310 g/mol. The lowest BCUT2D eigenvalue weighted by molar-refractivity contribution is -0.768. The molecule has 0 saturated carbocycles. The zero-order chi connectivity index (χ0) is 16.2. The van der Waals surface area contributed by atoms with Crippen molar-refractivity contribution >= 4 is 5.69 Å². The third-order valence-corrected chi connectivity index (χ3v) is 3.88. The molecular formula is C16H26N2O4. The van der Waals surface area contributed by atoms with Gasteiger partial charge in [-0.1, -0.05) is 19.9 Å². The fraction of sp³-hybridized carbons (Fsp3) is 0.625. The summed E-state index contributed by atoms with van der Waals surface area (Å²) in [5.41, 5.74) is 1.49. The molecular weight excluding hydrogens is 284 g/mol. The van der Waals surface area contributed by atoms with Gasteiger partial charge >= 0.3 is 0 Å². The Morgan fingerprint density at radius 2 is 2.23 bits per heavy atom. The first-order valence-corrected chi connectivity index (χ1v) is 7.70. The van der Waals surface area contributed by atoms with Gasteiger partial charge in [0.1, 0.15) is 24.1 Å². The number of fused-ring (bicyclic) bond motifs is 1. The Morgan fingerprint density at radius 3 is 2.95 bits per heavy atom. The monoisotopic (exact) mass is 310 g/mol. The van der Waals surface area contributed by atoms with Gasteiger partial charge in [0, 0.05) is 31.5 Å². The van der Waals surface area contributed by atoms with E-state index in [9.17, 15) is 10.3 Å². The van der Waals surface area contributed by atoms with Crippen LogP contribution in [0.15, 0.2) is 18.2 Å². The van der Waals surface area contributed by atoms with Crippen molar-refractivity contribution in [2.24, 2.45) is 5.41 Å². The number of rotatable bonds is 8. The molecule has 6 heteroatoms. The van der Waals surface area contributed by atoms with Gasteiger partial charge in [-0.15, -0.1) is 0 Å². The molecule has 0 amide bonds. The molecule has 0 saturated heterocycles. The molecule has 2 rings (SSSR count). The molecule has 0 radical (unpaired) electrons. The van der Waals surface area contributed by atoms with Gasteiger partial charge in [0.05, 0.1) is 12.1 Å². The fourth-order valence-electron chi connectivity index (χ4n) is 2.47. The Labute approximate surface area is 131 Å². The van der Waals surface area contributed by atoms with Crippen LogP contribution in [0.2, 0.25) is 0 Å². The zero-order valence-corrected chi connectivity index (χ0v) is 13.3. The van der Waals surface area contributed by atoms with Crippen LogP contribution in [-0.4, -0.2) is 49.2 Å². The lowest BCUT2D eigenvalue weighted by atomic mass is 9.95. The number of aliphatic hydroxyl groups is 2. The van der Waals surface area contributed by atoms with Crippen molar-refractivity contribution in [1.29, 1.82) is 0 Å². The van der Waals surface area contributed by atoms with Gasteiger partial charge in [-0.05, 0) is 12.1 Å². The first-order chi connectivity index (χ1) is 10.4. The molecule has 0 bridgehead atoms. The van der Waals surface area contributed by atoms with Crippen LogP contribution in [-0.2, 0) is 6.42 Å². The van der Waals surface area contributed by atoms with E-state index < -0.39 is 6.10 Å². The second-order valence-corrected chi connectivity index (χ2v) is 6.62. The minimum Gasteiger partial charge on any atom is -0.629 e. The van der Waals surface area contributed by atoms with Gasteiger partial charge < -0.3 is 30.5 Å². The Kier molecular flexibility index (Phi) is 5.77. The molecule has 0 aliphatic carbocycles. The maximum Gasteiger partial charge on any atom is 0.138 e. The summed E-state index contributed by atoms with van der Waals surface area (Å²) in [5, 5.41) is 34.1. The number of aliphatic hydroxyl groups excluding tert-OH is 2. The smallest absolute Gasteiger partial charge is 0.138 e. The summed E-state index contributed by atoms with van der Waals surface area (Å²) in [6.45, 7) is 5.73. The minimum absolute atomic E-state index is 0.0940. The molecule has 1 heterocycles. The average Bonchev–Trinajstić information content (AvgIpc) is 2.87. The molecule has 4 N–H and O–H groups in total. The number of quaternary nitrogens is 1.